The van der Waals surface area contributed by atoms with Crippen LogP contribution in [0.15, 0.2) is 54.6 Å². The van der Waals surface area contributed by atoms with Gasteiger partial charge in [0, 0.05) is 63.6 Å². The molecular weight excluding hydrogens is 406 g/mol. The van der Waals surface area contributed by atoms with Crippen LogP contribution in [0, 0.1) is 0 Å². The fourth-order valence-electron chi connectivity index (χ4n) is 4.25. The van der Waals surface area contributed by atoms with Crippen molar-refractivity contribution < 1.29 is 14.3 Å². The molecule has 2 aliphatic rings. The highest BCUT2D eigenvalue weighted by Gasteiger charge is 2.31. The number of rotatable bonds is 7. The first-order valence-corrected chi connectivity index (χ1v) is 11.1. The quantitative estimate of drug-likeness (QED) is 0.692. The van der Waals surface area contributed by atoms with E-state index in [0.29, 0.717) is 19.5 Å². The van der Waals surface area contributed by atoms with Crippen LogP contribution in [-0.4, -0.2) is 75.8 Å². The van der Waals surface area contributed by atoms with Gasteiger partial charge in [-0.25, -0.2) is 4.79 Å². The second-order valence-electron chi connectivity index (χ2n) is 8.17. The molecule has 3 amide bonds. The highest BCUT2D eigenvalue weighted by molar-refractivity contribution is 5.96. The van der Waals surface area contributed by atoms with Gasteiger partial charge in [-0.05, 0) is 36.4 Å². The topological polar surface area (TPSA) is 77.1 Å². The van der Waals surface area contributed by atoms with E-state index in [9.17, 15) is 9.59 Å². The van der Waals surface area contributed by atoms with E-state index in [1.54, 1.807) is 12.0 Å². The third-order valence-corrected chi connectivity index (χ3v) is 6.05. The molecule has 170 valence electrons. The van der Waals surface area contributed by atoms with Crippen molar-refractivity contribution in [3.05, 3.63) is 54.6 Å². The van der Waals surface area contributed by atoms with Crippen LogP contribution in [0.5, 0.6) is 5.75 Å². The second-order valence-corrected chi connectivity index (χ2v) is 8.17. The van der Waals surface area contributed by atoms with E-state index in [4.69, 9.17) is 4.74 Å². The Balaban J connectivity index is 1.14. The van der Waals surface area contributed by atoms with Crippen LogP contribution in [0.1, 0.15) is 6.42 Å². The number of piperazine rings is 1. The minimum atomic E-state index is -0.213. The number of anilines is 2. The number of amides is 3. The summed E-state index contributed by atoms with van der Waals surface area (Å²) in [6.07, 6.45) is 0.329. The summed E-state index contributed by atoms with van der Waals surface area (Å²) in [6.45, 7) is 5.72. The van der Waals surface area contributed by atoms with Gasteiger partial charge in [0.2, 0.25) is 5.91 Å². The van der Waals surface area contributed by atoms with Gasteiger partial charge in [0.15, 0.2) is 0 Å². The maximum absolute atomic E-state index is 12.3. The molecule has 2 aromatic carbocycles. The average Bonchev–Trinajstić information content (AvgIpc) is 3.20. The molecule has 8 heteroatoms. The molecule has 0 spiro atoms. The number of carbonyl (C=O) groups is 2. The molecule has 2 aromatic rings. The van der Waals surface area contributed by atoms with Crippen LogP contribution in [0.4, 0.5) is 16.2 Å². The molecule has 0 saturated carbocycles. The Labute approximate surface area is 189 Å². The zero-order valence-corrected chi connectivity index (χ0v) is 18.5. The van der Waals surface area contributed by atoms with Crippen LogP contribution < -0.4 is 25.2 Å². The van der Waals surface area contributed by atoms with E-state index >= 15 is 0 Å². The molecule has 0 aromatic heterocycles. The molecule has 2 heterocycles. The number of hydrogen-bond donors (Lipinski definition) is 2. The van der Waals surface area contributed by atoms with Crippen molar-refractivity contribution in [3.8, 4) is 5.75 Å². The Morgan fingerprint density at radius 3 is 2.41 bits per heavy atom. The van der Waals surface area contributed by atoms with E-state index in [-0.39, 0.29) is 18.0 Å². The average molecular weight is 438 g/mol. The van der Waals surface area contributed by atoms with Gasteiger partial charge in [0.25, 0.3) is 0 Å². The van der Waals surface area contributed by atoms with Crippen LogP contribution >= 0.6 is 0 Å². The maximum Gasteiger partial charge on any atom is 0.315 e. The Morgan fingerprint density at radius 1 is 1.00 bits per heavy atom. The highest BCUT2D eigenvalue weighted by Crippen LogP contribution is 2.21. The molecule has 0 aliphatic carbocycles. The zero-order valence-electron chi connectivity index (χ0n) is 18.5. The molecule has 1 atom stereocenters. The number of carbonyl (C=O) groups excluding carboxylic acids is 2. The lowest BCUT2D eigenvalue weighted by atomic mass is 10.2. The van der Waals surface area contributed by atoms with Crippen LogP contribution in [0.2, 0.25) is 0 Å². The van der Waals surface area contributed by atoms with Gasteiger partial charge in [-0.1, -0.05) is 18.2 Å². The number of benzene rings is 2. The summed E-state index contributed by atoms with van der Waals surface area (Å²) in [5, 5.41) is 5.87. The van der Waals surface area contributed by atoms with Crippen molar-refractivity contribution in [1.29, 1.82) is 0 Å². The molecule has 4 rings (SSSR count). The first-order valence-electron chi connectivity index (χ1n) is 11.1. The van der Waals surface area contributed by atoms with Crippen molar-refractivity contribution in [1.82, 2.24) is 15.5 Å². The van der Waals surface area contributed by atoms with Crippen LogP contribution in [0.25, 0.3) is 0 Å². The Hall–Kier alpha value is -3.26. The lowest BCUT2D eigenvalue weighted by Crippen LogP contribution is -2.50. The van der Waals surface area contributed by atoms with Gasteiger partial charge < -0.3 is 25.2 Å². The van der Waals surface area contributed by atoms with E-state index < -0.39 is 0 Å². The van der Waals surface area contributed by atoms with Gasteiger partial charge in [-0.2, -0.15) is 0 Å². The fraction of sp³-hybridized carbons (Fsp3) is 0.417. The minimum Gasteiger partial charge on any atom is -0.497 e. The standard InChI is InChI=1S/C24H31N5O3/c1-32-22-9-7-20(8-10-22)28-15-13-27(14-16-28)12-11-25-24(31)26-19-17-23(30)29(18-19)21-5-3-2-4-6-21/h2-10,19H,11-18H2,1H3,(H2,25,26,31)/t19-/m1/s1. The molecule has 2 N–H and O–H groups in total. The third kappa shape index (κ3) is 5.50. The molecule has 2 fully saturated rings. The van der Waals surface area contributed by atoms with E-state index in [1.165, 1.54) is 5.69 Å². The third-order valence-electron chi connectivity index (χ3n) is 6.05. The zero-order chi connectivity index (χ0) is 22.3. The first kappa shape index (κ1) is 22.0. The van der Waals surface area contributed by atoms with E-state index in [2.05, 4.69) is 32.6 Å². The molecule has 8 nitrogen and oxygen atoms in total. The summed E-state index contributed by atoms with van der Waals surface area (Å²) in [7, 11) is 1.68. The first-order chi connectivity index (χ1) is 15.6. The van der Waals surface area contributed by atoms with Gasteiger partial charge in [0.1, 0.15) is 5.75 Å². The van der Waals surface area contributed by atoms with Crippen LogP contribution in [0.3, 0.4) is 0 Å². The highest BCUT2D eigenvalue weighted by atomic mass is 16.5. The van der Waals surface area contributed by atoms with Gasteiger partial charge in [-0.3, -0.25) is 9.69 Å². The van der Waals surface area contributed by atoms with Gasteiger partial charge >= 0.3 is 6.03 Å². The van der Waals surface area contributed by atoms with Gasteiger partial charge in [-0.15, -0.1) is 0 Å². The monoisotopic (exact) mass is 437 g/mol. The number of nitrogens with zero attached hydrogens (tertiary/aromatic N) is 3. The number of hydrogen-bond acceptors (Lipinski definition) is 5. The summed E-state index contributed by atoms with van der Waals surface area (Å²) in [4.78, 5) is 31.0. The molecule has 0 unspecified atom stereocenters. The molecule has 2 aliphatic heterocycles. The summed E-state index contributed by atoms with van der Waals surface area (Å²) < 4.78 is 5.22. The predicted molar refractivity (Wildman–Crippen MR) is 125 cm³/mol. The van der Waals surface area contributed by atoms with Crippen molar-refractivity contribution in [2.75, 3.05) is 62.7 Å². The summed E-state index contributed by atoms with van der Waals surface area (Å²) in [5.74, 6) is 0.905. The van der Waals surface area contributed by atoms with Crippen molar-refractivity contribution in [3.63, 3.8) is 0 Å². The number of para-hydroxylation sites is 1. The van der Waals surface area contributed by atoms with Crippen molar-refractivity contribution in [2.45, 2.75) is 12.5 Å². The molecule has 32 heavy (non-hydrogen) atoms. The fourth-order valence-corrected chi connectivity index (χ4v) is 4.25. The lowest BCUT2D eigenvalue weighted by molar-refractivity contribution is -0.117. The smallest absolute Gasteiger partial charge is 0.315 e. The molecule has 0 radical (unpaired) electrons. The Bertz CT molecular complexity index is 898. The summed E-state index contributed by atoms with van der Waals surface area (Å²) >= 11 is 0. The van der Waals surface area contributed by atoms with Gasteiger partial charge in [0.05, 0.1) is 13.2 Å². The second kappa shape index (κ2) is 10.4. The van der Waals surface area contributed by atoms with Crippen LogP contribution in [-0.2, 0) is 4.79 Å². The minimum absolute atomic E-state index is 0.0382. The van der Waals surface area contributed by atoms with E-state index in [0.717, 1.165) is 44.2 Å². The Kier molecular flexibility index (Phi) is 7.11. The summed E-state index contributed by atoms with van der Waals surface area (Å²) in [5.41, 5.74) is 2.08. The lowest BCUT2D eigenvalue weighted by Gasteiger charge is -2.36. The number of nitrogens with one attached hydrogen (secondary N) is 2. The molecule has 0 bridgehead atoms. The normalized spacial score (nSPS) is 19.2. The van der Waals surface area contributed by atoms with Crippen molar-refractivity contribution >= 4 is 23.3 Å². The van der Waals surface area contributed by atoms with Crippen molar-refractivity contribution in [2.24, 2.45) is 0 Å². The number of methoxy groups -OCH3 is 1. The molecule has 2 saturated heterocycles. The molecular formula is C24H31N5O3. The largest absolute Gasteiger partial charge is 0.497 e. The maximum atomic E-state index is 12.3. The number of ether oxygens (including phenoxy) is 1. The number of urea groups is 1. The van der Waals surface area contributed by atoms with E-state index in [1.807, 2.05) is 42.5 Å². The SMILES string of the molecule is COc1ccc(N2CCN(CCNC(=O)N[C@@H]3CC(=O)N(c4ccccc4)C3)CC2)cc1. The predicted octanol–water partition coefficient (Wildman–Crippen LogP) is 1.92. The Morgan fingerprint density at radius 2 is 1.72 bits per heavy atom. The summed E-state index contributed by atoms with van der Waals surface area (Å²) in [6, 6.07) is 17.3.